The third-order valence-corrected chi connectivity index (χ3v) is 5.40. The number of hydrogen-bond donors (Lipinski definition) is 1. The molecule has 1 N–H and O–H groups in total. The summed E-state index contributed by atoms with van der Waals surface area (Å²) < 4.78 is 5.63. The van der Waals surface area contributed by atoms with Gasteiger partial charge < -0.3 is 14.7 Å². The van der Waals surface area contributed by atoms with E-state index in [1.807, 2.05) is 0 Å². The Labute approximate surface area is 171 Å². The van der Waals surface area contributed by atoms with Crippen LogP contribution < -0.4 is 9.64 Å². The highest BCUT2D eigenvalue weighted by Gasteiger charge is 2.51. The molecule has 3 rings (SSSR count). The van der Waals surface area contributed by atoms with E-state index in [4.69, 9.17) is 39.5 Å². The largest absolute Gasteiger partial charge is 0.490 e. The quantitative estimate of drug-likeness (QED) is 0.747. The molecule has 1 unspecified atom stereocenters. The molecule has 0 saturated heterocycles. The highest BCUT2D eigenvalue weighted by molar-refractivity contribution is 6.44. The van der Waals surface area contributed by atoms with Crippen LogP contribution in [-0.4, -0.2) is 29.9 Å². The number of carbonyl (C=O) groups is 2. The number of anilines is 1. The van der Waals surface area contributed by atoms with Crippen molar-refractivity contribution in [1.82, 2.24) is 0 Å². The Morgan fingerprint density at radius 3 is 2.52 bits per heavy atom. The number of ketones is 1. The van der Waals surface area contributed by atoms with E-state index in [2.05, 4.69) is 0 Å². The van der Waals surface area contributed by atoms with Crippen LogP contribution in [0.2, 0.25) is 15.1 Å². The fourth-order valence-corrected chi connectivity index (χ4v) is 3.74. The molecule has 1 aliphatic heterocycles. The summed E-state index contributed by atoms with van der Waals surface area (Å²) in [7, 11) is 0. The molecule has 1 atom stereocenters. The van der Waals surface area contributed by atoms with E-state index in [-0.39, 0.29) is 41.0 Å². The molecule has 0 saturated carbocycles. The number of hydrogen-bond acceptors (Lipinski definition) is 4. The molecule has 0 fully saturated rings. The molecular weight excluding hydrogens is 413 g/mol. The molecule has 0 radical (unpaired) electrons. The highest BCUT2D eigenvalue weighted by atomic mass is 35.5. The lowest BCUT2D eigenvalue weighted by atomic mass is 9.90. The van der Waals surface area contributed by atoms with Crippen LogP contribution >= 0.6 is 34.8 Å². The van der Waals surface area contributed by atoms with Gasteiger partial charge in [0.2, 0.25) is 0 Å². The van der Waals surface area contributed by atoms with Crippen LogP contribution in [0.15, 0.2) is 36.4 Å². The Kier molecular flexibility index (Phi) is 5.68. The summed E-state index contributed by atoms with van der Waals surface area (Å²) >= 11 is 18.4. The maximum atomic E-state index is 12.9. The van der Waals surface area contributed by atoms with Crippen LogP contribution in [0, 0.1) is 0 Å². The van der Waals surface area contributed by atoms with E-state index in [0.717, 1.165) is 0 Å². The van der Waals surface area contributed by atoms with Crippen LogP contribution in [0.3, 0.4) is 0 Å². The predicted octanol–water partition coefficient (Wildman–Crippen LogP) is 4.24. The van der Waals surface area contributed by atoms with E-state index >= 15 is 0 Å². The number of amides is 1. The fourth-order valence-electron chi connectivity index (χ4n) is 3.13. The van der Waals surface area contributed by atoms with Crippen molar-refractivity contribution in [3.8, 4) is 5.75 Å². The molecule has 0 aromatic heterocycles. The fraction of sp³-hybridized carbons (Fsp3) is 0.263. The zero-order valence-electron chi connectivity index (χ0n) is 14.3. The van der Waals surface area contributed by atoms with Gasteiger partial charge in [-0.15, -0.1) is 0 Å². The standard InChI is InChI=1S/C19H16Cl3NO4/c1-11(24)10-19(26)12-6-7-14(21)16(22)17(12)23(18(19)25)8-9-27-15-5-3-2-4-13(15)20/h2-7,26H,8-10H2,1H3. The van der Waals surface area contributed by atoms with E-state index in [9.17, 15) is 14.7 Å². The number of nitrogens with zero attached hydrogens (tertiary/aromatic N) is 1. The zero-order chi connectivity index (χ0) is 19.8. The summed E-state index contributed by atoms with van der Waals surface area (Å²) in [6, 6.07) is 9.95. The topological polar surface area (TPSA) is 66.8 Å². The maximum Gasteiger partial charge on any atom is 0.264 e. The number of carbonyl (C=O) groups excluding carboxylic acids is 2. The normalized spacial score (nSPS) is 18.6. The minimum absolute atomic E-state index is 0.0946. The first kappa shape index (κ1) is 20.0. The van der Waals surface area contributed by atoms with Gasteiger partial charge in [0.15, 0.2) is 5.60 Å². The third-order valence-electron chi connectivity index (χ3n) is 4.30. The van der Waals surface area contributed by atoms with Gasteiger partial charge in [-0.25, -0.2) is 0 Å². The van der Waals surface area contributed by atoms with Crippen LogP contribution in [0.1, 0.15) is 18.9 Å². The van der Waals surface area contributed by atoms with Gasteiger partial charge in [0.25, 0.3) is 5.91 Å². The number of rotatable bonds is 6. The van der Waals surface area contributed by atoms with Gasteiger partial charge >= 0.3 is 0 Å². The van der Waals surface area contributed by atoms with Crippen molar-refractivity contribution in [2.45, 2.75) is 18.9 Å². The molecule has 2 aromatic carbocycles. The van der Waals surface area contributed by atoms with Crippen molar-refractivity contribution < 1.29 is 19.4 Å². The average Bonchev–Trinajstić information content (AvgIpc) is 2.81. The summed E-state index contributed by atoms with van der Waals surface area (Å²) in [4.78, 5) is 25.9. The van der Waals surface area contributed by atoms with Crippen molar-refractivity contribution in [3.05, 3.63) is 57.0 Å². The van der Waals surface area contributed by atoms with Crippen molar-refractivity contribution in [1.29, 1.82) is 0 Å². The summed E-state index contributed by atoms with van der Waals surface area (Å²) in [6.45, 7) is 1.51. The lowest BCUT2D eigenvalue weighted by Gasteiger charge is -2.22. The summed E-state index contributed by atoms with van der Waals surface area (Å²) in [6.07, 6.45) is -0.349. The number of fused-ring (bicyclic) bond motifs is 1. The number of Topliss-reactive ketones (excluding diaryl/α,β-unsaturated/α-hetero) is 1. The monoisotopic (exact) mass is 427 g/mol. The second kappa shape index (κ2) is 7.68. The summed E-state index contributed by atoms with van der Waals surface area (Å²) in [5, 5.41) is 11.8. The van der Waals surface area contributed by atoms with E-state index in [0.29, 0.717) is 16.5 Å². The maximum absolute atomic E-state index is 12.9. The molecular formula is C19H16Cl3NO4. The van der Waals surface area contributed by atoms with Gasteiger partial charge in [-0.1, -0.05) is 53.0 Å². The second-order valence-electron chi connectivity index (χ2n) is 6.23. The smallest absolute Gasteiger partial charge is 0.264 e. The Bertz CT molecular complexity index is 918. The number of ether oxygens (including phenoxy) is 1. The first-order valence-electron chi connectivity index (χ1n) is 8.15. The van der Waals surface area contributed by atoms with E-state index < -0.39 is 11.5 Å². The lowest BCUT2D eigenvalue weighted by Crippen LogP contribution is -2.43. The van der Waals surface area contributed by atoms with Crippen molar-refractivity contribution in [2.75, 3.05) is 18.1 Å². The molecule has 0 spiro atoms. The number of para-hydroxylation sites is 1. The Balaban J connectivity index is 1.90. The number of benzene rings is 2. The molecule has 0 aliphatic carbocycles. The molecule has 1 aliphatic rings. The van der Waals surface area contributed by atoms with Crippen molar-refractivity contribution in [3.63, 3.8) is 0 Å². The van der Waals surface area contributed by atoms with Gasteiger partial charge in [0.05, 0.1) is 27.3 Å². The van der Waals surface area contributed by atoms with Crippen LogP contribution in [0.4, 0.5) is 5.69 Å². The lowest BCUT2D eigenvalue weighted by molar-refractivity contribution is -0.141. The Hall–Kier alpha value is -1.79. The molecule has 142 valence electrons. The van der Waals surface area contributed by atoms with Gasteiger partial charge in [-0.2, -0.15) is 0 Å². The average molecular weight is 429 g/mol. The van der Waals surface area contributed by atoms with E-state index in [1.54, 1.807) is 24.3 Å². The first-order chi connectivity index (χ1) is 12.8. The second-order valence-corrected chi connectivity index (χ2v) is 7.42. The molecule has 8 heteroatoms. The SMILES string of the molecule is CC(=O)CC1(O)C(=O)N(CCOc2ccccc2Cl)c2c1ccc(Cl)c2Cl. The number of halogens is 3. The third kappa shape index (κ3) is 3.65. The molecule has 1 heterocycles. The van der Waals surface area contributed by atoms with Gasteiger partial charge in [0.1, 0.15) is 18.1 Å². The van der Waals surface area contributed by atoms with Gasteiger partial charge in [0, 0.05) is 12.0 Å². The van der Waals surface area contributed by atoms with Crippen LogP contribution in [0.25, 0.3) is 0 Å². The summed E-state index contributed by atoms with van der Waals surface area (Å²) in [5.41, 5.74) is -1.42. The molecule has 2 aromatic rings. The Morgan fingerprint density at radius 1 is 1.15 bits per heavy atom. The van der Waals surface area contributed by atoms with Crippen LogP contribution in [-0.2, 0) is 15.2 Å². The molecule has 0 bridgehead atoms. The molecule has 5 nitrogen and oxygen atoms in total. The summed E-state index contributed by atoms with van der Waals surface area (Å²) in [5.74, 6) is -0.487. The Morgan fingerprint density at radius 2 is 1.85 bits per heavy atom. The van der Waals surface area contributed by atoms with Crippen molar-refractivity contribution >= 4 is 52.2 Å². The highest BCUT2D eigenvalue weighted by Crippen LogP contribution is 2.48. The predicted molar refractivity (Wildman–Crippen MR) is 105 cm³/mol. The van der Waals surface area contributed by atoms with Crippen molar-refractivity contribution in [2.24, 2.45) is 0 Å². The number of aliphatic hydroxyl groups is 1. The van der Waals surface area contributed by atoms with Crippen LogP contribution in [0.5, 0.6) is 5.75 Å². The van der Waals surface area contributed by atoms with Gasteiger partial charge in [-0.3, -0.25) is 9.59 Å². The zero-order valence-corrected chi connectivity index (χ0v) is 16.6. The molecule has 27 heavy (non-hydrogen) atoms. The minimum Gasteiger partial charge on any atom is -0.490 e. The van der Waals surface area contributed by atoms with Gasteiger partial charge in [-0.05, 0) is 25.1 Å². The molecule has 1 amide bonds. The van der Waals surface area contributed by atoms with E-state index in [1.165, 1.54) is 24.0 Å². The first-order valence-corrected chi connectivity index (χ1v) is 9.28. The minimum atomic E-state index is -1.97.